The first-order valence-corrected chi connectivity index (χ1v) is 14.4. The highest BCUT2D eigenvalue weighted by atomic mass is 32.2. The second-order valence-corrected chi connectivity index (χ2v) is 11.2. The monoisotopic (exact) mass is 531 g/mol. The van der Waals surface area contributed by atoms with Crippen molar-refractivity contribution in [2.24, 2.45) is 0 Å². The number of carbonyl (C=O) groups is 2. The van der Waals surface area contributed by atoms with Crippen LogP contribution in [0.25, 0.3) is 0 Å². The van der Waals surface area contributed by atoms with Crippen LogP contribution in [0.4, 0.5) is 5.69 Å². The third kappa shape index (κ3) is 7.15. The molecular formula is C27H37N3O6S. The molecular weight excluding hydrogens is 494 g/mol. The third-order valence-corrected chi connectivity index (χ3v) is 7.62. The molecule has 0 bridgehead atoms. The number of hydrogen-bond acceptors (Lipinski definition) is 6. The topological polar surface area (TPSA) is 105 Å². The highest BCUT2D eigenvalue weighted by Crippen LogP contribution is 2.34. The van der Waals surface area contributed by atoms with Crippen molar-refractivity contribution in [2.75, 3.05) is 30.3 Å². The lowest BCUT2D eigenvalue weighted by Crippen LogP contribution is -2.53. The fraction of sp³-hybridized carbons (Fsp3) is 0.481. The maximum Gasteiger partial charge on any atom is 0.244 e. The molecule has 37 heavy (non-hydrogen) atoms. The van der Waals surface area contributed by atoms with Gasteiger partial charge in [0.05, 0.1) is 11.9 Å². The van der Waals surface area contributed by atoms with E-state index in [-0.39, 0.29) is 24.2 Å². The van der Waals surface area contributed by atoms with Gasteiger partial charge in [0.15, 0.2) is 11.5 Å². The number of aryl methyl sites for hydroxylation is 1. The van der Waals surface area contributed by atoms with Gasteiger partial charge in [-0.15, -0.1) is 0 Å². The Labute approximate surface area is 219 Å². The molecule has 1 aliphatic rings. The number of anilines is 1. The number of benzene rings is 2. The number of nitrogens with one attached hydrogen (secondary N) is 1. The summed E-state index contributed by atoms with van der Waals surface area (Å²) in [5.74, 6) is 0.198. The van der Waals surface area contributed by atoms with Gasteiger partial charge >= 0.3 is 0 Å². The van der Waals surface area contributed by atoms with E-state index < -0.39 is 28.5 Å². The van der Waals surface area contributed by atoms with Crippen molar-refractivity contribution in [1.29, 1.82) is 0 Å². The number of rotatable bonds is 11. The van der Waals surface area contributed by atoms with E-state index >= 15 is 0 Å². The highest BCUT2D eigenvalue weighted by Gasteiger charge is 2.32. The number of hydrogen-bond donors (Lipinski definition) is 1. The quantitative estimate of drug-likeness (QED) is 0.477. The van der Waals surface area contributed by atoms with Crippen molar-refractivity contribution < 1.29 is 27.5 Å². The van der Waals surface area contributed by atoms with Gasteiger partial charge in [0, 0.05) is 18.7 Å². The molecule has 0 spiro atoms. The number of carbonyl (C=O) groups excluding carboxylic acids is 2. The van der Waals surface area contributed by atoms with Crippen LogP contribution in [-0.4, -0.2) is 63.2 Å². The zero-order valence-electron chi connectivity index (χ0n) is 22.2. The molecule has 0 aliphatic carbocycles. The second kappa shape index (κ2) is 12.3. The zero-order valence-corrected chi connectivity index (χ0v) is 23.0. The van der Waals surface area contributed by atoms with Crippen LogP contribution in [0, 0.1) is 6.92 Å². The van der Waals surface area contributed by atoms with E-state index in [9.17, 15) is 18.0 Å². The van der Waals surface area contributed by atoms with Crippen LogP contribution < -0.4 is 19.1 Å². The second-order valence-electron chi connectivity index (χ2n) is 9.29. The van der Waals surface area contributed by atoms with E-state index in [1.165, 1.54) is 4.90 Å². The lowest BCUT2D eigenvalue weighted by atomic mass is 10.1. The van der Waals surface area contributed by atoms with Crippen molar-refractivity contribution in [1.82, 2.24) is 10.2 Å². The molecule has 0 saturated heterocycles. The Bertz CT molecular complexity index is 1220. The van der Waals surface area contributed by atoms with E-state index in [0.717, 1.165) is 28.1 Å². The Balaban J connectivity index is 1.96. The van der Waals surface area contributed by atoms with Crippen LogP contribution in [-0.2, 0) is 26.2 Å². The van der Waals surface area contributed by atoms with Crippen molar-refractivity contribution in [2.45, 2.75) is 59.2 Å². The van der Waals surface area contributed by atoms with Crippen molar-refractivity contribution >= 4 is 27.5 Å². The Hall–Kier alpha value is -3.27. The summed E-state index contributed by atoms with van der Waals surface area (Å²) in [6.07, 6.45) is 2.18. The summed E-state index contributed by atoms with van der Waals surface area (Å²) in [5.41, 5.74) is 2.15. The minimum absolute atomic E-state index is 0.0535. The average molecular weight is 532 g/mol. The van der Waals surface area contributed by atoms with E-state index in [1.54, 1.807) is 18.2 Å². The average Bonchev–Trinajstić information content (AvgIpc) is 2.87. The third-order valence-electron chi connectivity index (χ3n) is 6.48. The largest absolute Gasteiger partial charge is 0.486 e. The minimum Gasteiger partial charge on any atom is -0.486 e. The molecule has 3 rings (SSSR count). The van der Waals surface area contributed by atoms with Crippen molar-refractivity contribution in [3.05, 3.63) is 53.6 Å². The Morgan fingerprint density at radius 2 is 1.70 bits per heavy atom. The predicted molar refractivity (Wildman–Crippen MR) is 143 cm³/mol. The molecule has 10 heteroatoms. The number of amides is 2. The van der Waals surface area contributed by atoms with Gasteiger partial charge in [0.1, 0.15) is 25.8 Å². The fourth-order valence-corrected chi connectivity index (χ4v) is 4.97. The standard InChI is InChI=1S/C27H37N3O6S/c1-6-20(4)28-27(32)23(7-2)29(17-21-11-9-8-10-19(21)3)26(31)18-30(37(5,33)34)22-12-13-24-25(16-22)36-15-14-35-24/h8-13,16,20,23H,6-7,14-15,17-18H2,1-5H3,(H,28,32)/t20-,23+/m1/s1. The van der Waals surface area contributed by atoms with E-state index in [0.29, 0.717) is 31.1 Å². The smallest absolute Gasteiger partial charge is 0.244 e. The Kier molecular flexibility index (Phi) is 9.42. The van der Waals surface area contributed by atoms with Gasteiger partial charge in [-0.3, -0.25) is 13.9 Å². The maximum atomic E-state index is 13.8. The highest BCUT2D eigenvalue weighted by molar-refractivity contribution is 7.92. The molecule has 1 N–H and O–H groups in total. The van der Waals surface area contributed by atoms with E-state index in [4.69, 9.17) is 9.47 Å². The first kappa shape index (κ1) is 28.3. The summed E-state index contributed by atoms with van der Waals surface area (Å²) in [6.45, 7) is 8.14. The number of ether oxygens (including phenoxy) is 2. The lowest BCUT2D eigenvalue weighted by Gasteiger charge is -2.34. The van der Waals surface area contributed by atoms with Gasteiger partial charge in [0.2, 0.25) is 21.8 Å². The molecule has 2 amide bonds. The molecule has 1 heterocycles. The minimum atomic E-state index is -3.84. The molecule has 1 aliphatic heterocycles. The van der Waals surface area contributed by atoms with Crippen molar-refractivity contribution in [3.8, 4) is 11.5 Å². The van der Waals surface area contributed by atoms with Crippen LogP contribution >= 0.6 is 0 Å². The molecule has 0 fully saturated rings. The zero-order chi connectivity index (χ0) is 27.2. The molecule has 0 radical (unpaired) electrons. The first-order chi connectivity index (χ1) is 17.5. The van der Waals surface area contributed by atoms with Gasteiger partial charge in [-0.25, -0.2) is 8.42 Å². The molecule has 0 saturated carbocycles. The fourth-order valence-electron chi connectivity index (χ4n) is 4.13. The molecule has 0 aromatic heterocycles. The normalized spacial score (nSPS) is 14.4. The number of fused-ring (bicyclic) bond motifs is 1. The summed E-state index contributed by atoms with van der Waals surface area (Å²) >= 11 is 0. The summed E-state index contributed by atoms with van der Waals surface area (Å²) < 4.78 is 37.9. The molecule has 2 aromatic rings. The summed E-state index contributed by atoms with van der Waals surface area (Å²) in [7, 11) is -3.84. The van der Waals surface area contributed by atoms with E-state index in [2.05, 4.69) is 5.32 Å². The summed E-state index contributed by atoms with van der Waals surface area (Å²) in [5, 5.41) is 2.97. The first-order valence-electron chi connectivity index (χ1n) is 12.6. The van der Waals surface area contributed by atoms with Crippen LogP contribution in [0.3, 0.4) is 0 Å². The van der Waals surface area contributed by atoms with Crippen LogP contribution in [0.2, 0.25) is 0 Å². The predicted octanol–water partition coefficient (Wildman–Crippen LogP) is 3.25. The number of nitrogens with zero attached hydrogens (tertiary/aromatic N) is 2. The van der Waals surface area contributed by atoms with Crippen LogP contribution in [0.5, 0.6) is 11.5 Å². The molecule has 2 atom stereocenters. The van der Waals surface area contributed by atoms with Crippen LogP contribution in [0.1, 0.15) is 44.7 Å². The molecule has 202 valence electrons. The van der Waals surface area contributed by atoms with Crippen molar-refractivity contribution in [3.63, 3.8) is 0 Å². The lowest BCUT2D eigenvalue weighted by molar-refractivity contribution is -0.140. The molecule has 2 aromatic carbocycles. The van der Waals surface area contributed by atoms with Crippen LogP contribution in [0.15, 0.2) is 42.5 Å². The van der Waals surface area contributed by atoms with E-state index in [1.807, 2.05) is 52.0 Å². The summed E-state index contributed by atoms with van der Waals surface area (Å²) in [4.78, 5) is 28.5. The van der Waals surface area contributed by atoms with Gasteiger partial charge in [-0.2, -0.15) is 0 Å². The molecule has 9 nitrogen and oxygen atoms in total. The van der Waals surface area contributed by atoms with Gasteiger partial charge < -0.3 is 19.7 Å². The van der Waals surface area contributed by atoms with Gasteiger partial charge in [-0.05, 0) is 49.9 Å². The Morgan fingerprint density at radius 3 is 2.32 bits per heavy atom. The SMILES string of the molecule is CC[C@@H](C)NC(=O)[C@H](CC)N(Cc1ccccc1C)C(=O)CN(c1ccc2c(c1)OCCO2)S(C)(=O)=O. The maximum absolute atomic E-state index is 13.8. The molecule has 0 unspecified atom stereocenters. The Morgan fingerprint density at radius 1 is 1.03 bits per heavy atom. The van der Waals surface area contributed by atoms with Gasteiger partial charge in [-0.1, -0.05) is 38.1 Å². The van der Waals surface area contributed by atoms with Gasteiger partial charge in [0.25, 0.3) is 0 Å². The number of sulfonamides is 1. The summed E-state index contributed by atoms with van der Waals surface area (Å²) in [6, 6.07) is 11.6.